The third-order valence-corrected chi connectivity index (χ3v) is 2.89. The van der Waals surface area contributed by atoms with E-state index in [0.717, 1.165) is 0 Å². The minimum atomic E-state index is -4.73. The Labute approximate surface area is 135 Å². The molecule has 9 heteroatoms. The van der Waals surface area contributed by atoms with E-state index in [2.05, 4.69) is 14.7 Å². The first-order chi connectivity index (χ1) is 11.3. The average molecular weight is 341 g/mol. The second-order valence-corrected chi connectivity index (χ2v) is 4.78. The highest BCUT2D eigenvalue weighted by Crippen LogP contribution is 2.27. The van der Waals surface area contributed by atoms with E-state index in [1.807, 2.05) is 0 Å². The Morgan fingerprint density at radius 3 is 2.21 bits per heavy atom. The molecule has 0 amide bonds. The Bertz CT molecular complexity index is 675. The first kappa shape index (κ1) is 17.5. The molecule has 0 bridgehead atoms. The van der Waals surface area contributed by atoms with E-state index >= 15 is 0 Å². The van der Waals surface area contributed by atoms with Crippen molar-refractivity contribution in [1.82, 2.24) is 9.97 Å². The van der Waals surface area contributed by atoms with Crippen molar-refractivity contribution >= 4 is 17.9 Å². The zero-order valence-corrected chi connectivity index (χ0v) is 12.8. The molecule has 0 radical (unpaired) electrons. The number of rotatable bonds is 6. The van der Waals surface area contributed by atoms with Gasteiger partial charge in [-0.1, -0.05) is 0 Å². The molecular formula is C15H14F3N3O3. The fourth-order valence-electron chi connectivity index (χ4n) is 1.77. The quantitative estimate of drug-likeness (QED) is 0.752. The SMILES string of the molecule is CC(C=O)Oc1cnc(N(C)c2ccc(OC(F)(F)F)cc2)nc1. The van der Waals surface area contributed by atoms with Crippen molar-refractivity contribution in [2.45, 2.75) is 19.4 Å². The standard InChI is InChI=1S/C15H14F3N3O3/c1-10(9-22)23-13-7-19-14(20-8-13)21(2)11-3-5-12(6-4-11)24-15(16,17)18/h3-10H,1-2H3. The summed E-state index contributed by atoms with van der Waals surface area (Å²) in [6.07, 6.45) is -1.89. The van der Waals surface area contributed by atoms with Gasteiger partial charge < -0.3 is 14.4 Å². The number of hydrogen-bond donors (Lipinski definition) is 0. The number of alkyl halides is 3. The van der Waals surface area contributed by atoms with Crippen molar-refractivity contribution < 1.29 is 27.4 Å². The lowest BCUT2D eigenvalue weighted by Gasteiger charge is -2.18. The molecule has 0 aliphatic rings. The molecule has 0 spiro atoms. The number of carbonyl (C=O) groups excluding carboxylic acids is 1. The summed E-state index contributed by atoms with van der Waals surface area (Å²) in [7, 11) is 1.66. The van der Waals surface area contributed by atoms with Gasteiger partial charge in [-0.3, -0.25) is 4.79 Å². The monoisotopic (exact) mass is 341 g/mol. The first-order valence-electron chi connectivity index (χ1n) is 6.82. The fourth-order valence-corrected chi connectivity index (χ4v) is 1.77. The topological polar surface area (TPSA) is 64.5 Å². The molecule has 0 saturated carbocycles. The molecule has 1 atom stereocenters. The van der Waals surface area contributed by atoms with E-state index in [0.29, 0.717) is 23.7 Å². The normalized spacial score (nSPS) is 12.4. The number of benzene rings is 1. The molecular weight excluding hydrogens is 327 g/mol. The molecule has 1 aromatic carbocycles. The fraction of sp³-hybridized carbons (Fsp3) is 0.267. The van der Waals surface area contributed by atoms with Gasteiger partial charge >= 0.3 is 6.36 Å². The molecule has 24 heavy (non-hydrogen) atoms. The Hall–Kier alpha value is -2.84. The molecule has 0 aliphatic heterocycles. The number of carbonyl (C=O) groups is 1. The Morgan fingerprint density at radius 1 is 1.12 bits per heavy atom. The summed E-state index contributed by atoms with van der Waals surface area (Å²) in [5.74, 6) is 0.332. The van der Waals surface area contributed by atoms with Crippen molar-refractivity contribution in [3.05, 3.63) is 36.7 Å². The van der Waals surface area contributed by atoms with Crippen molar-refractivity contribution in [3.63, 3.8) is 0 Å². The van der Waals surface area contributed by atoms with Crippen LogP contribution in [0.1, 0.15) is 6.92 Å². The van der Waals surface area contributed by atoms with Gasteiger partial charge in [0.15, 0.2) is 18.1 Å². The predicted octanol–water partition coefficient (Wildman–Crippen LogP) is 3.11. The number of nitrogens with zero attached hydrogens (tertiary/aromatic N) is 3. The van der Waals surface area contributed by atoms with Gasteiger partial charge in [-0.05, 0) is 31.2 Å². The maximum atomic E-state index is 12.1. The van der Waals surface area contributed by atoms with Gasteiger partial charge in [-0.25, -0.2) is 9.97 Å². The maximum absolute atomic E-state index is 12.1. The highest BCUT2D eigenvalue weighted by Gasteiger charge is 2.31. The molecule has 0 N–H and O–H groups in total. The van der Waals surface area contributed by atoms with E-state index in [1.54, 1.807) is 18.9 Å². The zero-order valence-electron chi connectivity index (χ0n) is 12.8. The molecule has 0 fully saturated rings. The molecule has 2 aromatic rings. The molecule has 2 rings (SSSR count). The zero-order chi connectivity index (χ0) is 17.7. The van der Waals surface area contributed by atoms with Gasteiger partial charge in [0.05, 0.1) is 12.4 Å². The number of anilines is 2. The van der Waals surface area contributed by atoms with Crippen LogP contribution in [0, 0.1) is 0 Å². The van der Waals surface area contributed by atoms with Crippen molar-refractivity contribution in [2.24, 2.45) is 0 Å². The largest absolute Gasteiger partial charge is 0.573 e. The number of hydrogen-bond acceptors (Lipinski definition) is 6. The van der Waals surface area contributed by atoms with Crippen LogP contribution in [-0.4, -0.2) is 35.8 Å². The van der Waals surface area contributed by atoms with Gasteiger partial charge in [0, 0.05) is 12.7 Å². The lowest BCUT2D eigenvalue weighted by Crippen LogP contribution is -2.17. The predicted molar refractivity (Wildman–Crippen MR) is 79.4 cm³/mol. The van der Waals surface area contributed by atoms with Crippen LogP contribution in [-0.2, 0) is 4.79 Å². The maximum Gasteiger partial charge on any atom is 0.573 e. The lowest BCUT2D eigenvalue weighted by atomic mass is 10.3. The summed E-state index contributed by atoms with van der Waals surface area (Å²) < 4.78 is 45.4. The average Bonchev–Trinajstić information content (AvgIpc) is 2.54. The lowest BCUT2D eigenvalue weighted by molar-refractivity contribution is -0.274. The van der Waals surface area contributed by atoms with Crippen molar-refractivity contribution in [3.8, 4) is 11.5 Å². The second-order valence-electron chi connectivity index (χ2n) is 4.78. The van der Waals surface area contributed by atoms with Gasteiger partial charge in [-0.15, -0.1) is 13.2 Å². The minimum absolute atomic E-state index is 0.311. The van der Waals surface area contributed by atoms with E-state index in [-0.39, 0.29) is 5.75 Å². The minimum Gasteiger partial charge on any atom is -0.480 e. The first-order valence-corrected chi connectivity index (χ1v) is 6.82. The van der Waals surface area contributed by atoms with Crippen molar-refractivity contribution in [2.75, 3.05) is 11.9 Å². The summed E-state index contributed by atoms with van der Waals surface area (Å²) in [6, 6.07) is 5.29. The van der Waals surface area contributed by atoms with Crippen LogP contribution in [0.5, 0.6) is 11.5 Å². The van der Waals surface area contributed by atoms with E-state index in [9.17, 15) is 18.0 Å². The molecule has 1 aromatic heterocycles. The van der Waals surface area contributed by atoms with Crippen LogP contribution in [0.4, 0.5) is 24.8 Å². The highest BCUT2D eigenvalue weighted by atomic mass is 19.4. The smallest absolute Gasteiger partial charge is 0.480 e. The van der Waals surface area contributed by atoms with Gasteiger partial charge in [0.25, 0.3) is 0 Å². The van der Waals surface area contributed by atoms with E-state index in [4.69, 9.17) is 4.74 Å². The number of ether oxygens (including phenoxy) is 2. The summed E-state index contributed by atoms with van der Waals surface area (Å²) in [5, 5.41) is 0. The van der Waals surface area contributed by atoms with Crippen molar-refractivity contribution in [1.29, 1.82) is 0 Å². The number of halogens is 3. The van der Waals surface area contributed by atoms with Gasteiger partial charge in [0.2, 0.25) is 5.95 Å². The van der Waals surface area contributed by atoms with Crippen LogP contribution in [0.3, 0.4) is 0 Å². The van der Waals surface area contributed by atoms with Crippen LogP contribution in [0.25, 0.3) is 0 Å². The van der Waals surface area contributed by atoms with Crippen LogP contribution in [0.2, 0.25) is 0 Å². The summed E-state index contributed by atoms with van der Waals surface area (Å²) in [6.45, 7) is 1.58. The molecule has 128 valence electrons. The molecule has 0 aliphatic carbocycles. The molecule has 6 nitrogen and oxygen atoms in total. The third-order valence-electron chi connectivity index (χ3n) is 2.89. The summed E-state index contributed by atoms with van der Waals surface area (Å²) in [4.78, 5) is 20.3. The highest BCUT2D eigenvalue weighted by molar-refractivity contribution is 5.58. The summed E-state index contributed by atoms with van der Waals surface area (Å²) in [5.41, 5.74) is 0.569. The molecule has 1 heterocycles. The van der Waals surface area contributed by atoms with Gasteiger partial charge in [0.1, 0.15) is 5.75 Å². The second kappa shape index (κ2) is 7.16. The van der Waals surface area contributed by atoms with Crippen LogP contribution >= 0.6 is 0 Å². The van der Waals surface area contributed by atoms with E-state index < -0.39 is 12.5 Å². The van der Waals surface area contributed by atoms with Crippen LogP contribution in [0.15, 0.2) is 36.7 Å². The van der Waals surface area contributed by atoms with Crippen LogP contribution < -0.4 is 14.4 Å². The number of aromatic nitrogens is 2. The Morgan fingerprint density at radius 2 is 1.71 bits per heavy atom. The third kappa shape index (κ3) is 4.83. The van der Waals surface area contributed by atoms with E-state index in [1.165, 1.54) is 36.7 Å². The molecule has 1 unspecified atom stereocenters. The molecule has 0 saturated heterocycles. The summed E-state index contributed by atoms with van der Waals surface area (Å²) >= 11 is 0. The Kier molecular flexibility index (Phi) is 5.22. The van der Waals surface area contributed by atoms with Gasteiger partial charge in [-0.2, -0.15) is 0 Å². The number of aldehydes is 1. The Balaban J connectivity index is 2.08.